The van der Waals surface area contributed by atoms with E-state index in [0.717, 1.165) is 6.54 Å². The van der Waals surface area contributed by atoms with Gasteiger partial charge in [-0.15, -0.1) is 0 Å². The molecule has 1 aliphatic rings. The number of hydrogen-bond acceptors (Lipinski definition) is 4. The maximum Gasteiger partial charge on any atom is 0.206 e. The van der Waals surface area contributed by atoms with Gasteiger partial charge in [-0.1, -0.05) is 19.1 Å². The van der Waals surface area contributed by atoms with Crippen molar-refractivity contribution in [2.75, 3.05) is 18.8 Å². The van der Waals surface area contributed by atoms with Crippen LogP contribution in [-0.4, -0.2) is 21.5 Å². The molecule has 0 bridgehead atoms. The SMILES string of the molecule is CCNCC1=Cc2cccc(N)c2S1(=O)=O. The first-order valence-corrected chi connectivity index (χ1v) is 6.60. The van der Waals surface area contributed by atoms with Crippen LogP contribution in [0.1, 0.15) is 12.5 Å². The summed E-state index contributed by atoms with van der Waals surface area (Å²) in [6.45, 7) is 3.02. The van der Waals surface area contributed by atoms with Crippen LogP contribution in [-0.2, 0) is 9.84 Å². The van der Waals surface area contributed by atoms with Gasteiger partial charge in [0, 0.05) is 6.54 Å². The number of sulfone groups is 1. The molecule has 0 aromatic heterocycles. The summed E-state index contributed by atoms with van der Waals surface area (Å²) in [5.74, 6) is 0. The molecule has 1 heterocycles. The normalized spacial score (nSPS) is 16.9. The van der Waals surface area contributed by atoms with Crippen LogP contribution in [0.2, 0.25) is 0 Å². The standard InChI is InChI=1S/C11H14N2O2S/c1-2-13-7-9-6-8-4-3-5-10(12)11(8)16(9,14)15/h3-6,13H,2,7,12H2,1H3. The van der Waals surface area contributed by atoms with Gasteiger partial charge >= 0.3 is 0 Å². The minimum atomic E-state index is -3.38. The molecule has 0 saturated carbocycles. The van der Waals surface area contributed by atoms with E-state index in [1.165, 1.54) is 0 Å². The fourth-order valence-electron chi connectivity index (χ4n) is 1.77. The lowest BCUT2D eigenvalue weighted by molar-refractivity contribution is 0.601. The second-order valence-electron chi connectivity index (χ2n) is 3.66. The quantitative estimate of drug-likeness (QED) is 0.771. The van der Waals surface area contributed by atoms with Gasteiger partial charge in [-0.2, -0.15) is 0 Å². The second-order valence-corrected chi connectivity index (χ2v) is 5.60. The lowest BCUT2D eigenvalue weighted by Crippen LogP contribution is -2.19. The van der Waals surface area contributed by atoms with E-state index in [4.69, 9.17) is 5.73 Å². The van der Waals surface area contributed by atoms with E-state index in [1.54, 1.807) is 24.3 Å². The fourth-order valence-corrected chi connectivity index (χ4v) is 3.43. The van der Waals surface area contributed by atoms with Gasteiger partial charge in [-0.05, 0) is 24.3 Å². The van der Waals surface area contributed by atoms with Crippen LogP contribution in [0.25, 0.3) is 6.08 Å². The molecule has 0 aliphatic carbocycles. The molecule has 4 nitrogen and oxygen atoms in total. The van der Waals surface area contributed by atoms with E-state index in [1.807, 2.05) is 6.92 Å². The van der Waals surface area contributed by atoms with Crippen molar-refractivity contribution in [3.8, 4) is 0 Å². The average molecular weight is 238 g/mol. The first kappa shape index (κ1) is 11.2. The van der Waals surface area contributed by atoms with E-state index in [2.05, 4.69) is 5.32 Å². The second kappa shape index (κ2) is 3.92. The van der Waals surface area contributed by atoms with Gasteiger partial charge in [-0.3, -0.25) is 0 Å². The Kier molecular flexibility index (Phi) is 2.73. The molecule has 5 heteroatoms. The maximum absolute atomic E-state index is 12.1. The van der Waals surface area contributed by atoms with Crippen molar-refractivity contribution in [1.29, 1.82) is 0 Å². The minimum Gasteiger partial charge on any atom is -0.398 e. The van der Waals surface area contributed by atoms with Gasteiger partial charge in [0.05, 0.1) is 10.6 Å². The molecule has 0 saturated heterocycles. The van der Waals surface area contributed by atoms with Crippen LogP contribution >= 0.6 is 0 Å². The Bertz CT molecular complexity index is 547. The largest absolute Gasteiger partial charge is 0.398 e. The molecule has 0 unspecified atom stereocenters. The molecule has 0 spiro atoms. The zero-order valence-corrected chi connectivity index (χ0v) is 9.84. The van der Waals surface area contributed by atoms with Crippen LogP contribution in [0, 0.1) is 0 Å². The topological polar surface area (TPSA) is 72.2 Å². The summed E-state index contributed by atoms with van der Waals surface area (Å²) in [5, 5.41) is 3.01. The van der Waals surface area contributed by atoms with Crippen molar-refractivity contribution in [3.63, 3.8) is 0 Å². The third kappa shape index (κ3) is 1.62. The molecule has 1 aromatic carbocycles. The highest BCUT2D eigenvalue weighted by molar-refractivity contribution is 7.96. The highest BCUT2D eigenvalue weighted by atomic mass is 32.2. The van der Waals surface area contributed by atoms with Gasteiger partial charge in [0.25, 0.3) is 0 Å². The Morgan fingerprint density at radius 1 is 1.38 bits per heavy atom. The van der Waals surface area contributed by atoms with E-state index in [-0.39, 0.29) is 4.90 Å². The molecular weight excluding hydrogens is 224 g/mol. The fraction of sp³-hybridized carbons (Fsp3) is 0.273. The Morgan fingerprint density at radius 2 is 2.12 bits per heavy atom. The Morgan fingerprint density at radius 3 is 2.75 bits per heavy atom. The van der Waals surface area contributed by atoms with Crippen molar-refractivity contribution in [2.24, 2.45) is 0 Å². The summed E-state index contributed by atoms with van der Waals surface area (Å²) < 4.78 is 24.2. The predicted molar refractivity (Wildman–Crippen MR) is 64.6 cm³/mol. The average Bonchev–Trinajstić information content (AvgIpc) is 2.48. The van der Waals surface area contributed by atoms with Crippen LogP contribution in [0.15, 0.2) is 28.0 Å². The van der Waals surface area contributed by atoms with Gasteiger partial charge in [0.2, 0.25) is 9.84 Å². The lowest BCUT2D eigenvalue weighted by Gasteiger charge is -2.06. The molecule has 2 rings (SSSR count). The van der Waals surface area contributed by atoms with Crippen molar-refractivity contribution < 1.29 is 8.42 Å². The number of nitrogens with one attached hydrogen (secondary N) is 1. The number of hydrogen-bond donors (Lipinski definition) is 2. The summed E-state index contributed by atoms with van der Waals surface area (Å²) in [7, 11) is -3.38. The summed E-state index contributed by atoms with van der Waals surface area (Å²) >= 11 is 0. The third-order valence-electron chi connectivity index (χ3n) is 2.56. The number of likely N-dealkylation sites (N-methyl/N-ethyl adjacent to an activating group) is 1. The van der Waals surface area contributed by atoms with E-state index in [0.29, 0.717) is 22.7 Å². The Labute approximate surface area is 95.1 Å². The van der Waals surface area contributed by atoms with Gasteiger partial charge in [0.15, 0.2) is 0 Å². The Balaban J connectivity index is 2.48. The molecule has 1 aromatic rings. The molecule has 0 amide bonds. The van der Waals surface area contributed by atoms with Gasteiger partial charge < -0.3 is 11.1 Å². The van der Waals surface area contributed by atoms with Gasteiger partial charge in [-0.25, -0.2) is 8.42 Å². The van der Waals surface area contributed by atoms with Crippen molar-refractivity contribution in [1.82, 2.24) is 5.32 Å². The molecule has 3 N–H and O–H groups in total. The molecule has 0 fully saturated rings. The van der Waals surface area contributed by atoms with Crippen molar-refractivity contribution in [3.05, 3.63) is 28.7 Å². The lowest BCUT2D eigenvalue weighted by atomic mass is 10.2. The van der Waals surface area contributed by atoms with Crippen LogP contribution in [0.4, 0.5) is 5.69 Å². The number of fused-ring (bicyclic) bond motifs is 1. The summed E-state index contributed by atoms with van der Waals surface area (Å²) in [4.78, 5) is 0.644. The highest BCUT2D eigenvalue weighted by Crippen LogP contribution is 2.36. The maximum atomic E-state index is 12.1. The monoisotopic (exact) mass is 238 g/mol. The summed E-state index contributed by atoms with van der Waals surface area (Å²) in [6, 6.07) is 5.14. The van der Waals surface area contributed by atoms with Crippen molar-refractivity contribution >= 4 is 21.6 Å². The molecule has 86 valence electrons. The first-order chi connectivity index (χ1) is 7.57. The van der Waals surface area contributed by atoms with Crippen molar-refractivity contribution in [2.45, 2.75) is 11.8 Å². The molecule has 0 radical (unpaired) electrons. The Hall–Kier alpha value is -1.33. The molecule has 16 heavy (non-hydrogen) atoms. The minimum absolute atomic E-state index is 0.253. The smallest absolute Gasteiger partial charge is 0.206 e. The number of nitrogen functional groups attached to an aromatic ring is 1. The third-order valence-corrected chi connectivity index (χ3v) is 4.52. The van der Waals surface area contributed by atoms with E-state index in [9.17, 15) is 8.42 Å². The molecular formula is C11H14N2O2S. The molecule has 1 aliphatic heterocycles. The molecule has 0 atom stereocenters. The number of benzene rings is 1. The first-order valence-electron chi connectivity index (χ1n) is 5.12. The zero-order valence-electron chi connectivity index (χ0n) is 9.03. The summed E-state index contributed by atoms with van der Waals surface area (Å²) in [6.07, 6.45) is 1.68. The van der Waals surface area contributed by atoms with Crippen LogP contribution in [0.5, 0.6) is 0 Å². The zero-order chi connectivity index (χ0) is 11.8. The van der Waals surface area contributed by atoms with Gasteiger partial charge in [0.1, 0.15) is 4.90 Å². The highest BCUT2D eigenvalue weighted by Gasteiger charge is 2.30. The number of nitrogens with two attached hydrogens (primary N) is 1. The van der Waals surface area contributed by atoms with E-state index < -0.39 is 9.84 Å². The van der Waals surface area contributed by atoms with E-state index >= 15 is 0 Å². The van der Waals surface area contributed by atoms with Crippen LogP contribution in [0.3, 0.4) is 0 Å². The summed E-state index contributed by atoms with van der Waals surface area (Å²) in [5.41, 5.74) is 6.71. The number of anilines is 1. The predicted octanol–water partition coefficient (Wildman–Crippen LogP) is 1.01. The van der Waals surface area contributed by atoms with Crippen LogP contribution < -0.4 is 11.1 Å². The number of rotatable bonds is 3.